The lowest BCUT2D eigenvalue weighted by atomic mass is 10.1. The van der Waals surface area contributed by atoms with Gasteiger partial charge < -0.3 is 10.6 Å². The zero-order chi connectivity index (χ0) is 22.0. The molecule has 0 radical (unpaired) electrons. The van der Waals surface area contributed by atoms with Crippen LogP contribution in [0.15, 0.2) is 66.9 Å². The molecular weight excluding hydrogens is 390 g/mol. The van der Waals surface area contributed by atoms with Crippen LogP contribution in [0.5, 0.6) is 0 Å². The Balaban J connectivity index is 1.59. The molecule has 156 valence electrons. The Morgan fingerprint density at radius 1 is 0.903 bits per heavy atom. The minimum absolute atomic E-state index is 0.171. The maximum absolute atomic E-state index is 13.0. The van der Waals surface area contributed by atoms with Crippen molar-refractivity contribution in [3.05, 3.63) is 83.7 Å². The second kappa shape index (κ2) is 8.39. The molecule has 7 nitrogen and oxygen atoms in total. The number of fused-ring (bicyclic) bond motifs is 1. The van der Waals surface area contributed by atoms with E-state index in [1.807, 2.05) is 24.6 Å². The predicted octanol–water partition coefficient (Wildman–Crippen LogP) is 4.83. The molecular formula is C24H23N5O2. The van der Waals surface area contributed by atoms with Gasteiger partial charge in [-0.15, -0.1) is 0 Å². The van der Waals surface area contributed by atoms with Crippen molar-refractivity contribution in [2.24, 2.45) is 0 Å². The van der Waals surface area contributed by atoms with Crippen molar-refractivity contribution in [1.82, 2.24) is 14.8 Å². The van der Waals surface area contributed by atoms with Gasteiger partial charge >= 0.3 is 0 Å². The highest BCUT2D eigenvalue weighted by atomic mass is 16.2. The minimum atomic E-state index is -0.300. The smallest absolute Gasteiger partial charge is 0.257 e. The normalized spacial score (nSPS) is 11.0. The molecule has 2 aromatic carbocycles. The fourth-order valence-corrected chi connectivity index (χ4v) is 3.35. The van der Waals surface area contributed by atoms with Crippen molar-refractivity contribution in [1.29, 1.82) is 0 Å². The third kappa shape index (κ3) is 4.16. The summed E-state index contributed by atoms with van der Waals surface area (Å²) in [6.07, 6.45) is 1.71. The highest BCUT2D eigenvalue weighted by Crippen LogP contribution is 2.24. The van der Waals surface area contributed by atoms with Gasteiger partial charge in [0.2, 0.25) is 0 Å². The number of nitrogens with one attached hydrogen (secondary N) is 2. The molecule has 0 bridgehead atoms. The molecule has 2 amide bonds. The first-order chi connectivity index (χ1) is 14.9. The Bertz CT molecular complexity index is 1260. The van der Waals surface area contributed by atoms with E-state index < -0.39 is 0 Å². The highest BCUT2D eigenvalue weighted by Gasteiger charge is 2.17. The maximum atomic E-state index is 13.0. The maximum Gasteiger partial charge on any atom is 0.257 e. The minimum Gasteiger partial charge on any atom is -0.320 e. The molecule has 7 heteroatoms. The molecule has 0 unspecified atom stereocenters. The predicted molar refractivity (Wildman–Crippen MR) is 121 cm³/mol. The molecule has 0 atom stereocenters. The fourth-order valence-electron chi connectivity index (χ4n) is 3.35. The zero-order valence-corrected chi connectivity index (χ0v) is 17.6. The van der Waals surface area contributed by atoms with Gasteiger partial charge in [0.05, 0.1) is 28.8 Å². The van der Waals surface area contributed by atoms with Crippen LogP contribution in [0.4, 0.5) is 11.4 Å². The number of hydrogen-bond donors (Lipinski definition) is 2. The van der Waals surface area contributed by atoms with E-state index in [1.165, 1.54) is 0 Å². The monoisotopic (exact) mass is 413 g/mol. The van der Waals surface area contributed by atoms with Crippen molar-refractivity contribution in [2.45, 2.75) is 26.8 Å². The lowest BCUT2D eigenvalue weighted by Gasteiger charge is -2.13. The first kappa shape index (κ1) is 20.3. The van der Waals surface area contributed by atoms with Crippen LogP contribution in [0, 0.1) is 6.92 Å². The average molecular weight is 413 g/mol. The first-order valence-electron chi connectivity index (χ1n) is 10.1. The van der Waals surface area contributed by atoms with Gasteiger partial charge in [0, 0.05) is 17.0 Å². The summed E-state index contributed by atoms with van der Waals surface area (Å²) < 4.78 is 1.83. The quantitative estimate of drug-likeness (QED) is 0.491. The topological polar surface area (TPSA) is 88.9 Å². The van der Waals surface area contributed by atoms with Gasteiger partial charge in [0.25, 0.3) is 11.8 Å². The average Bonchev–Trinajstić information content (AvgIpc) is 3.18. The summed E-state index contributed by atoms with van der Waals surface area (Å²) in [6, 6.07) is 18.0. The summed E-state index contributed by atoms with van der Waals surface area (Å²) in [7, 11) is 0. The van der Waals surface area contributed by atoms with E-state index in [9.17, 15) is 9.59 Å². The SMILES string of the molecule is Cc1nc2c(cnn2C(C)C)cc1C(=O)Nc1ccccc1NC(=O)c1ccccc1. The number of pyridine rings is 1. The molecule has 0 aliphatic carbocycles. The van der Waals surface area contributed by atoms with E-state index in [0.717, 1.165) is 11.0 Å². The van der Waals surface area contributed by atoms with Gasteiger partial charge in [-0.3, -0.25) is 9.59 Å². The Kier molecular flexibility index (Phi) is 5.49. The van der Waals surface area contributed by atoms with Crippen molar-refractivity contribution in [2.75, 3.05) is 10.6 Å². The lowest BCUT2D eigenvalue weighted by Crippen LogP contribution is -2.18. The molecule has 0 spiro atoms. The second-order valence-corrected chi connectivity index (χ2v) is 7.54. The summed E-state index contributed by atoms with van der Waals surface area (Å²) in [5.41, 5.74) is 3.38. The molecule has 0 aliphatic heterocycles. The molecule has 31 heavy (non-hydrogen) atoms. The van der Waals surface area contributed by atoms with Crippen LogP contribution in [0.25, 0.3) is 11.0 Å². The largest absolute Gasteiger partial charge is 0.320 e. The van der Waals surface area contributed by atoms with E-state index >= 15 is 0 Å². The number of carbonyl (C=O) groups is 2. The first-order valence-corrected chi connectivity index (χ1v) is 10.1. The van der Waals surface area contributed by atoms with Crippen molar-refractivity contribution in [3.63, 3.8) is 0 Å². The van der Waals surface area contributed by atoms with Crippen LogP contribution < -0.4 is 10.6 Å². The summed E-state index contributed by atoms with van der Waals surface area (Å²) in [6.45, 7) is 5.87. The number of hydrogen-bond acceptors (Lipinski definition) is 4. The van der Waals surface area contributed by atoms with Gasteiger partial charge in [-0.05, 0) is 51.1 Å². The zero-order valence-electron chi connectivity index (χ0n) is 17.6. The fraction of sp³-hybridized carbons (Fsp3) is 0.167. The van der Waals surface area contributed by atoms with E-state index in [-0.39, 0.29) is 17.9 Å². The van der Waals surface area contributed by atoms with Crippen LogP contribution in [0.2, 0.25) is 0 Å². The molecule has 0 fully saturated rings. The molecule has 0 saturated carbocycles. The van der Waals surface area contributed by atoms with Crippen LogP contribution in [0.1, 0.15) is 46.3 Å². The van der Waals surface area contributed by atoms with E-state index in [4.69, 9.17) is 0 Å². The van der Waals surface area contributed by atoms with Gasteiger partial charge in [0.1, 0.15) is 0 Å². The third-order valence-electron chi connectivity index (χ3n) is 4.95. The Labute approximate surface area is 180 Å². The molecule has 2 heterocycles. The molecule has 4 rings (SSSR count). The summed E-state index contributed by atoms with van der Waals surface area (Å²) in [4.78, 5) is 30.2. The van der Waals surface area contributed by atoms with Crippen molar-refractivity contribution < 1.29 is 9.59 Å². The second-order valence-electron chi connectivity index (χ2n) is 7.54. The summed E-state index contributed by atoms with van der Waals surface area (Å²) in [5.74, 6) is -0.548. The Hall–Kier alpha value is -4.00. The molecule has 4 aromatic rings. The number of benzene rings is 2. The number of rotatable bonds is 5. The van der Waals surface area contributed by atoms with E-state index in [1.54, 1.807) is 67.7 Å². The van der Waals surface area contributed by atoms with Crippen molar-refractivity contribution in [3.8, 4) is 0 Å². The van der Waals surface area contributed by atoms with Gasteiger partial charge in [-0.2, -0.15) is 5.10 Å². The van der Waals surface area contributed by atoms with Gasteiger partial charge in [-0.25, -0.2) is 9.67 Å². The lowest BCUT2D eigenvalue weighted by molar-refractivity contribution is 0.101. The molecule has 0 aliphatic rings. The number of nitrogens with zero attached hydrogens (tertiary/aromatic N) is 3. The Morgan fingerprint density at radius 2 is 1.52 bits per heavy atom. The number of anilines is 2. The van der Waals surface area contributed by atoms with E-state index in [2.05, 4.69) is 20.7 Å². The van der Waals surface area contributed by atoms with Crippen molar-refractivity contribution >= 4 is 34.2 Å². The molecule has 2 aromatic heterocycles. The van der Waals surface area contributed by atoms with Crippen LogP contribution in [-0.4, -0.2) is 26.6 Å². The third-order valence-corrected chi connectivity index (χ3v) is 4.95. The highest BCUT2D eigenvalue weighted by molar-refractivity contribution is 6.11. The molecule has 0 saturated heterocycles. The number of aryl methyl sites for hydroxylation is 1. The van der Waals surface area contributed by atoms with Crippen LogP contribution >= 0.6 is 0 Å². The molecule has 2 N–H and O–H groups in total. The van der Waals surface area contributed by atoms with Gasteiger partial charge in [-0.1, -0.05) is 30.3 Å². The van der Waals surface area contributed by atoms with Crippen LogP contribution in [0.3, 0.4) is 0 Å². The standard InChI is InChI=1S/C24H23N5O2/c1-15(2)29-22-18(14-25-29)13-19(16(3)26-22)24(31)28-21-12-8-7-11-20(21)27-23(30)17-9-5-4-6-10-17/h4-15H,1-3H3,(H,27,30)(H,28,31). The van der Waals surface area contributed by atoms with Gasteiger partial charge in [0.15, 0.2) is 5.65 Å². The summed E-state index contributed by atoms with van der Waals surface area (Å²) >= 11 is 0. The van der Waals surface area contributed by atoms with E-state index in [0.29, 0.717) is 28.2 Å². The Morgan fingerprint density at radius 3 is 2.16 bits per heavy atom. The number of aromatic nitrogens is 3. The number of para-hydroxylation sites is 2. The van der Waals surface area contributed by atoms with Crippen LogP contribution in [-0.2, 0) is 0 Å². The number of amides is 2. The number of carbonyl (C=O) groups excluding carboxylic acids is 2. The summed E-state index contributed by atoms with van der Waals surface area (Å²) in [5, 5.41) is 10.9.